The van der Waals surface area contributed by atoms with Crippen LogP contribution in [0.5, 0.6) is 0 Å². The van der Waals surface area contributed by atoms with Gasteiger partial charge >= 0.3 is 17.9 Å². The zero-order valence-corrected chi connectivity index (χ0v) is 42.5. The third-order valence-electron chi connectivity index (χ3n) is 13.1. The van der Waals surface area contributed by atoms with Gasteiger partial charge in [-0.1, -0.05) is 272 Å². The van der Waals surface area contributed by atoms with Crippen LogP contribution in [0.15, 0.2) is 0 Å². The molecule has 0 aliphatic rings. The molecular formula is C56H108O6. The smallest absolute Gasteiger partial charge is 0.306 e. The van der Waals surface area contributed by atoms with Crippen LogP contribution in [0.3, 0.4) is 0 Å². The molecule has 0 aromatic carbocycles. The van der Waals surface area contributed by atoms with Gasteiger partial charge in [0.25, 0.3) is 0 Å². The Balaban J connectivity index is 4.15. The molecular weight excluding hydrogens is 769 g/mol. The number of hydrogen-bond donors (Lipinski definition) is 0. The molecule has 1 unspecified atom stereocenters. The third-order valence-corrected chi connectivity index (χ3v) is 13.1. The molecule has 6 nitrogen and oxygen atoms in total. The molecule has 6 heteroatoms. The first-order valence-electron chi connectivity index (χ1n) is 27.8. The fourth-order valence-corrected chi connectivity index (χ4v) is 8.49. The minimum absolute atomic E-state index is 0.0634. The van der Waals surface area contributed by atoms with Crippen LogP contribution in [0, 0.1) is 11.8 Å². The van der Waals surface area contributed by atoms with Gasteiger partial charge in [-0.15, -0.1) is 0 Å². The average Bonchev–Trinajstić information content (AvgIpc) is 3.26. The molecule has 0 fully saturated rings. The molecule has 0 aromatic rings. The first-order valence-corrected chi connectivity index (χ1v) is 27.8. The standard InChI is InChI=1S/C56H108O6/c1-6-8-9-10-11-24-33-38-43-48-56(59)62-53(50-61-55(58)47-42-37-32-28-23-22-25-29-34-39-44-51(3)4)49-60-54(57)46-41-36-31-27-21-19-17-15-13-12-14-16-18-20-26-30-35-40-45-52(5)7-2/h51-53H,6-50H2,1-5H3/t52?,53-/m1/s1. The summed E-state index contributed by atoms with van der Waals surface area (Å²) >= 11 is 0. The van der Waals surface area contributed by atoms with Gasteiger partial charge in [0.1, 0.15) is 13.2 Å². The van der Waals surface area contributed by atoms with Gasteiger partial charge in [-0.05, 0) is 31.1 Å². The van der Waals surface area contributed by atoms with Gasteiger partial charge in [0.15, 0.2) is 6.10 Å². The van der Waals surface area contributed by atoms with Crippen molar-refractivity contribution < 1.29 is 28.6 Å². The van der Waals surface area contributed by atoms with Gasteiger partial charge in [0.05, 0.1) is 0 Å². The summed E-state index contributed by atoms with van der Waals surface area (Å²) in [5, 5.41) is 0. The molecule has 2 atom stereocenters. The van der Waals surface area contributed by atoms with E-state index < -0.39 is 6.10 Å². The van der Waals surface area contributed by atoms with Crippen LogP contribution < -0.4 is 0 Å². The van der Waals surface area contributed by atoms with Crippen molar-refractivity contribution in [3.05, 3.63) is 0 Å². The lowest BCUT2D eigenvalue weighted by molar-refractivity contribution is -0.167. The minimum atomic E-state index is -0.761. The summed E-state index contributed by atoms with van der Waals surface area (Å²) in [5.41, 5.74) is 0. The van der Waals surface area contributed by atoms with E-state index in [4.69, 9.17) is 14.2 Å². The van der Waals surface area contributed by atoms with Gasteiger partial charge in [-0.25, -0.2) is 0 Å². The maximum absolute atomic E-state index is 12.7. The second-order valence-electron chi connectivity index (χ2n) is 19.9. The zero-order valence-electron chi connectivity index (χ0n) is 42.5. The van der Waals surface area contributed by atoms with E-state index in [1.54, 1.807) is 0 Å². The molecule has 0 heterocycles. The van der Waals surface area contributed by atoms with Crippen LogP contribution in [-0.2, 0) is 28.6 Å². The van der Waals surface area contributed by atoms with Crippen LogP contribution >= 0.6 is 0 Å². The van der Waals surface area contributed by atoms with Crippen molar-refractivity contribution in [3.8, 4) is 0 Å². The van der Waals surface area contributed by atoms with Crippen molar-refractivity contribution in [2.75, 3.05) is 13.2 Å². The Morgan fingerprint density at radius 3 is 0.919 bits per heavy atom. The summed E-state index contributed by atoms with van der Waals surface area (Å²) in [6.45, 7) is 11.4. The number of rotatable bonds is 50. The number of unbranched alkanes of at least 4 members (excludes halogenated alkanes) is 34. The SMILES string of the molecule is CCCCCCCCCCCC(=O)O[C@H](COC(=O)CCCCCCCCCCCCCCCCCCCCC(C)CC)COC(=O)CCCCCCCCCCCCC(C)C. The zero-order chi connectivity index (χ0) is 45.4. The first-order chi connectivity index (χ1) is 30.3. The van der Waals surface area contributed by atoms with Crippen molar-refractivity contribution in [1.82, 2.24) is 0 Å². The summed E-state index contributed by atoms with van der Waals surface area (Å²) in [5.74, 6) is 0.881. The molecule has 0 N–H and O–H groups in total. The molecule has 0 saturated carbocycles. The normalized spacial score (nSPS) is 12.5. The molecule has 0 saturated heterocycles. The van der Waals surface area contributed by atoms with Gasteiger partial charge in [0.2, 0.25) is 0 Å². The predicted molar refractivity (Wildman–Crippen MR) is 266 cm³/mol. The highest BCUT2D eigenvalue weighted by Crippen LogP contribution is 2.18. The number of carbonyl (C=O) groups excluding carboxylic acids is 3. The summed E-state index contributed by atoms with van der Waals surface area (Å²) in [6, 6.07) is 0. The van der Waals surface area contributed by atoms with E-state index in [-0.39, 0.29) is 31.1 Å². The number of carbonyl (C=O) groups is 3. The number of esters is 3. The van der Waals surface area contributed by atoms with Crippen LogP contribution in [0.1, 0.15) is 311 Å². The Morgan fingerprint density at radius 2 is 0.613 bits per heavy atom. The molecule has 0 aliphatic heterocycles. The fourth-order valence-electron chi connectivity index (χ4n) is 8.49. The Kier molecular flexibility index (Phi) is 47.6. The minimum Gasteiger partial charge on any atom is -0.462 e. The van der Waals surface area contributed by atoms with Gasteiger partial charge < -0.3 is 14.2 Å². The lowest BCUT2D eigenvalue weighted by Gasteiger charge is -2.18. The van der Waals surface area contributed by atoms with Crippen LogP contribution in [-0.4, -0.2) is 37.2 Å². The highest BCUT2D eigenvalue weighted by Gasteiger charge is 2.19. The van der Waals surface area contributed by atoms with E-state index in [0.29, 0.717) is 19.3 Å². The van der Waals surface area contributed by atoms with Gasteiger partial charge in [0, 0.05) is 19.3 Å². The van der Waals surface area contributed by atoms with Crippen LogP contribution in [0.2, 0.25) is 0 Å². The highest BCUT2D eigenvalue weighted by molar-refractivity contribution is 5.71. The largest absolute Gasteiger partial charge is 0.462 e. The molecule has 0 spiro atoms. The second-order valence-corrected chi connectivity index (χ2v) is 19.9. The average molecular weight is 877 g/mol. The summed E-state index contributed by atoms with van der Waals surface area (Å²) in [4.78, 5) is 37.9. The van der Waals surface area contributed by atoms with Crippen molar-refractivity contribution in [2.24, 2.45) is 11.8 Å². The maximum atomic E-state index is 12.7. The van der Waals surface area contributed by atoms with Crippen molar-refractivity contribution >= 4 is 17.9 Å². The molecule has 0 bridgehead atoms. The summed E-state index contributed by atoms with van der Waals surface area (Å²) < 4.78 is 16.8. The van der Waals surface area contributed by atoms with E-state index >= 15 is 0 Å². The van der Waals surface area contributed by atoms with Crippen molar-refractivity contribution in [3.63, 3.8) is 0 Å². The summed E-state index contributed by atoms with van der Waals surface area (Å²) in [7, 11) is 0. The predicted octanol–water partition coefficient (Wildman–Crippen LogP) is 18.1. The van der Waals surface area contributed by atoms with E-state index in [2.05, 4.69) is 34.6 Å². The lowest BCUT2D eigenvalue weighted by Crippen LogP contribution is -2.30. The number of ether oxygens (including phenoxy) is 3. The third kappa shape index (κ3) is 47.9. The highest BCUT2D eigenvalue weighted by atomic mass is 16.6. The van der Waals surface area contributed by atoms with Gasteiger partial charge in [-0.3, -0.25) is 14.4 Å². The molecule has 0 radical (unpaired) electrons. The van der Waals surface area contributed by atoms with E-state index in [1.807, 2.05) is 0 Å². The van der Waals surface area contributed by atoms with Gasteiger partial charge in [-0.2, -0.15) is 0 Å². The first kappa shape index (κ1) is 60.4. The molecule has 368 valence electrons. The summed E-state index contributed by atoms with van der Waals surface area (Å²) in [6.07, 6.45) is 51.0. The Labute approximate surface area is 387 Å². The maximum Gasteiger partial charge on any atom is 0.306 e. The fraction of sp³-hybridized carbons (Fsp3) is 0.946. The molecule has 0 rings (SSSR count). The van der Waals surface area contributed by atoms with E-state index in [0.717, 1.165) is 69.6 Å². The quantitative estimate of drug-likeness (QED) is 0.0344. The van der Waals surface area contributed by atoms with Crippen LogP contribution in [0.25, 0.3) is 0 Å². The van der Waals surface area contributed by atoms with E-state index in [1.165, 1.54) is 199 Å². The van der Waals surface area contributed by atoms with Crippen LogP contribution in [0.4, 0.5) is 0 Å². The van der Waals surface area contributed by atoms with E-state index in [9.17, 15) is 14.4 Å². The molecule has 0 amide bonds. The monoisotopic (exact) mass is 877 g/mol. The Hall–Kier alpha value is -1.59. The van der Waals surface area contributed by atoms with Crippen molar-refractivity contribution in [2.45, 2.75) is 317 Å². The lowest BCUT2D eigenvalue weighted by atomic mass is 9.99. The second kappa shape index (κ2) is 48.9. The number of hydrogen-bond acceptors (Lipinski definition) is 6. The molecule has 0 aromatic heterocycles. The van der Waals surface area contributed by atoms with Crippen molar-refractivity contribution in [1.29, 1.82) is 0 Å². The Morgan fingerprint density at radius 1 is 0.339 bits per heavy atom. The molecule has 0 aliphatic carbocycles. The Bertz CT molecular complexity index is 949. The molecule has 62 heavy (non-hydrogen) atoms. The topological polar surface area (TPSA) is 78.9 Å².